The summed E-state index contributed by atoms with van der Waals surface area (Å²) >= 11 is 2.85. The minimum Gasteiger partial charge on any atom is -0.480 e. The molecule has 1 N–H and O–H groups in total. The molecule has 0 bridgehead atoms. The van der Waals surface area contributed by atoms with Crippen molar-refractivity contribution >= 4 is 27.6 Å². The molecule has 0 saturated carbocycles. The molecule has 0 fully saturated rings. The Morgan fingerprint density at radius 1 is 1.69 bits per heavy atom. The molecule has 1 rings (SSSR count). The van der Waals surface area contributed by atoms with Gasteiger partial charge in [0.05, 0.1) is 15.6 Å². The van der Waals surface area contributed by atoms with Crippen molar-refractivity contribution in [1.29, 1.82) is 0 Å². The topological polar surface area (TPSA) is 102 Å². The van der Waals surface area contributed by atoms with E-state index in [0.29, 0.717) is 0 Å². The zero-order valence-electron chi connectivity index (χ0n) is 8.08. The smallest absolute Gasteiger partial charge is 0.326 e. The number of nitrogens with zero attached hydrogens (tertiary/aromatic N) is 2. The van der Waals surface area contributed by atoms with Crippen molar-refractivity contribution in [2.24, 2.45) is 0 Å². The van der Waals surface area contributed by atoms with Crippen molar-refractivity contribution in [3.63, 3.8) is 0 Å². The summed E-state index contributed by atoms with van der Waals surface area (Å²) in [6.07, 6.45) is 0.909. The highest BCUT2D eigenvalue weighted by Crippen LogP contribution is 2.16. The van der Waals surface area contributed by atoms with Crippen molar-refractivity contribution < 1.29 is 14.8 Å². The van der Waals surface area contributed by atoms with Crippen LogP contribution in [0.25, 0.3) is 0 Å². The van der Waals surface area contributed by atoms with Crippen molar-refractivity contribution in [3.8, 4) is 0 Å². The summed E-state index contributed by atoms with van der Waals surface area (Å²) in [6, 6.07) is -0.128. The van der Waals surface area contributed by atoms with E-state index in [2.05, 4.69) is 15.9 Å². The lowest BCUT2D eigenvalue weighted by Crippen LogP contribution is -2.28. The Kier molecular flexibility index (Phi) is 3.43. The minimum atomic E-state index is -1.24. The van der Waals surface area contributed by atoms with Crippen LogP contribution in [0.15, 0.2) is 21.5 Å². The average Bonchev–Trinajstić information content (AvgIpc) is 2.20. The molecule has 0 spiro atoms. The van der Waals surface area contributed by atoms with Crippen LogP contribution in [0.3, 0.4) is 0 Å². The summed E-state index contributed by atoms with van der Waals surface area (Å²) in [5.74, 6) is -1.24. The molecule has 7 nitrogen and oxygen atoms in total. The fourth-order valence-electron chi connectivity index (χ4n) is 1.06. The Hall–Kier alpha value is -1.70. The molecule has 1 heterocycles. The van der Waals surface area contributed by atoms with E-state index in [-0.39, 0.29) is 10.2 Å². The zero-order chi connectivity index (χ0) is 12.5. The first-order chi connectivity index (χ1) is 7.34. The van der Waals surface area contributed by atoms with Gasteiger partial charge in [0.15, 0.2) is 0 Å². The van der Waals surface area contributed by atoms with Gasteiger partial charge < -0.3 is 5.11 Å². The van der Waals surface area contributed by atoms with Crippen LogP contribution >= 0.6 is 15.9 Å². The number of halogens is 1. The lowest BCUT2D eigenvalue weighted by Gasteiger charge is -2.10. The fourth-order valence-corrected chi connectivity index (χ4v) is 1.50. The normalized spacial score (nSPS) is 12.1. The molecule has 0 aromatic carbocycles. The van der Waals surface area contributed by atoms with Crippen LogP contribution in [0.4, 0.5) is 5.69 Å². The Balaban J connectivity index is 3.44. The number of rotatable bonds is 3. The first-order valence-corrected chi connectivity index (χ1v) is 4.92. The predicted octanol–water partition coefficient (Wildman–Crippen LogP) is 1.16. The highest BCUT2D eigenvalue weighted by Gasteiger charge is 2.19. The second-order valence-electron chi connectivity index (χ2n) is 3.03. The number of pyridine rings is 1. The van der Waals surface area contributed by atoms with E-state index in [1.807, 2.05) is 0 Å². The number of aromatic nitrogens is 1. The minimum absolute atomic E-state index is 0.0465. The molecule has 1 atom stereocenters. The molecule has 8 heteroatoms. The maximum absolute atomic E-state index is 11.5. The third-order valence-corrected chi connectivity index (χ3v) is 2.54. The number of aliphatic carboxylic acids is 1. The summed E-state index contributed by atoms with van der Waals surface area (Å²) in [6.45, 7) is 1.26. The van der Waals surface area contributed by atoms with Crippen molar-refractivity contribution in [3.05, 3.63) is 37.2 Å². The van der Waals surface area contributed by atoms with E-state index < -0.39 is 22.5 Å². The van der Waals surface area contributed by atoms with Crippen molar-refractivity contribution in [2.45, 2.75) is 13.0 Å². The van der Waals surface area contributed by atoms with E-state index in [9.17, 15) is 19.7 Å². The van der Waals surface area contributed by atoms with Gasteiger partial charge in [-0.2, -0.15) is 0 Å². The Bertz CT molecular complexity index is 510. The molecule has 0 aliphatic rings. The number of hydrogen-bond donors (Lipinski definition) is 1. The van der Waals surface area contributed by atoms with Crippen LogP contribution in [-0.2, 0) is 4.79 Å². The molecule has 86 valence electrons. The van der Waals surface area contributed by atoms with Crippen LogP contribution in [0.5, 0.6) is 0 Å². The van der Waals surface area contributed by atoms with Gasteiger partial charge in [-0.15, -0.1) is 0 Å². The van der Waals surface area contributed by atoms with Gasteiger partial charge >= 0.3 is 5.97 Å². The summed E-state index contributed by atoms with van der Waals surface area (Å²) in [4.78, 5) is 32.1. The number of hydrogen-bond acceptors (Lipinski definition) is 4. The monoisotopic (exact) mass is 290 g/mol. The van der Waals surface area contributed by atoms with E-state index in [1.54, 1.807) is 0 Å². The Morgan fingerprint density at radius 3 is 2.69 bits per heavy atom. The third-order valence-electron chi connectivity index (χ3n) is 1.97. The van der Waals surface area contributed by atoms with Crippen LogP contribution in [-0.4, -0.2) is 20.6 Å². The van der Waals surface area contributed by atoms with Gasteiger partial charge in [0.25, 0.3) is 11.2 Å². The second kappa shape index (κ2) is 4.44. The highest BCUT2D eigenvalue weighted by molar-refractivity contribution is 9.10. The molecule has 0 aliphatic carbocycles. The maximum Gasteiger partial charge on any atom is 0.326 e. The van der Waals surface area contributed by atoms with E-state index >= 15 is 0 Å². The Labute approximate surface area is 97.6 Å². The second-order valence-corrected chi connectivity index (χ2v) is 3.88. The molecule has 1 unspecified atom stereocenters. The molecule has 0 aliphatic heterocycles. The molecular formula is C8H7BrN2O5. The number of carboxylic acids is 1. The van der Waals surface area contributed by atoms with Crippen molar-refractivity contribution in [1.82, 2.24) is 4.57 Å². The first kappa shape index (κ1) is 12.4. The maximum atomic E-state index is 11.5. The van der Waals surface area contributed by atoms with Crippen LogP contribution in [0.1, 0.15) is 13.0 Å². The molecule has 0 saturated heterocycles. The van der Waals surface area contributed by atoms with Crippen LogP contribution in [0.2, 0.25) is 0 Å². The predicted molar refractivity (Wildman–Crippen MR) is 57.4 cm³/mol. The van der Waals surface area contributed by atoms with E-state index in [0.717, 1.165) is 16.8 Å². The van der Waals surface area contributed by atoms with Gasteiger partial charge in [0, 0.05) is 6.07 Å². The van der Waals surface area contributed by atoms with Gasteiger partial charge in [-0.1, -0.05) is 0 Å². The third kappa shape index (κ3) is 2.27. The zero-order valence-corrected chi connectivity index (χ0v) is 9.67. The quantitative estimate of drug-likeness (QED) is 0.665. The summed E-state index contributed by atoms with van der Waals surface area (Å²) in [7, 11) is 0. The first-order valence-electron chi connectivity index (χ1n) is 4.13. The van der Waals surface area contributed by atoms with E-state index in [4.69, 9.17) is 5.11 Å². The molecule has 1 aromatic rings. The number of nitro groups is 1. The van der Waals surface area contributed by atoms with E-state index in [1.165, 1.54) is 6.92 Å². The van der Waals surface area contributed by atoms with Crippen molar-refractivity contribution in [2.75, 3.05) is 0 Å². The summed E-state index contributed by atoms with van der Waals surface area (Å²) in [5, 5.41) is 19.3. The van der Waals surface area contributed by atoms with Crippen LogP contribution < -0.4 is 5.56 Å². The highest BCUT2D eigenvalue weighted by atomic mass is 79.9. The molecule has 0 amide bonds. The standard InChI is InChI=1S/C8H7BrN2O5/c1-4(8(13)14)10-3-5(11(15)16)2-6(9)7(10)12/h2-4H,1H3,(H,13,14). The van der Waals surface area contributed by atoms with Gasteiger partial charge in [-0.25, -0.2) is 4.79 Å². The summed E-state index contributed by atoms with van der Waals surface area (Å²) < 4.78 is 0.750. The lowest BCUT2D eigenvalue weighted by molar-refractivity contribution is -0.385. The average molecular weight is 291 g/mol. The number of carboxylic acid groups (broad SMARTS) is 1. The molecule has 1 aromatic heterocycles. The summed E-state index contributed by atoms with van der Waals surface area (Å²) in [5.41, 5.74) is -0.972. The molecule has 16 heavy (non-hydrogen) atoms. The van der Waals surface area contributed by atoms with Gasteiger partial charge in [-0.05, 0) is 22.9 Å². The largest absolute Gasteiger partial charge is 0.480 e. The van der Waals surface area contributed by atoms with Gasteiger partial charge in [-0.3, -0.25) is 19.5 Å². The van der Waals surface area contributed by atoms with Gasteiger partial charge in [0.1, 0.15) is 6.04 Å². The fraction of sp³-hybridized carbons (Fsp3) is 0.250. The van der Waals surface area contributed by atoms with Crippen LogP contribution in [0, 0.1) is 10.1 Å². The SMILES string of the molecule is CC(C(=O)O)n1cc([N+](=O)[O-])cc(Br)c1=O. The number of carbonyl (C=O) groups is 1. The Morgan fingerprint density at radius 2 is 2.25 bits per heavy atom. The molecule has 0 radical (unpaired) electrons. The van der Waals surface area contributed by atoms with Gasteiger partial charge in [0.2, 0.25) is 0 Å². The molecular weight excluding hydrogens is 284 g/mol. The lowest BCUT2D eigenvalue weighted by atomic mass is 10.3.